The zero-order valence-electron chi connectivity index (χ0n) is 11.1. The van der Waals surface area contributed by atoms with E-state index in [4.69, 9.17) is 11.6 Å². The van der Waals surface area contributed by atoms with Gasteiger partial charge in [0.1, 0.15) is 0 Å². The molecule has 0 saturated heterocycles. The van der Waals surface area contributed by atoms with Crippen molar-refractivity contribution in [3.63, 3.8) is 0 Å². The van der Waals surface area contributed by atoms with Crippen LogP contribution in [-0.2, 0) is 6.42 Å². The van der Waals surface area contributed by atoms with Gasteiger partial charge < -0.3 is 5.32 Å². The maximum atomic E-state index is 12.1. The van der Waals surface area contributed by atoms with Crippen molar-refractivity contribution in [2.24, 2.45) is 0 Å². The summed E-state index contributed by atoms with van der Waals surface area (Å²) in [6, 6.07) is 13.4. The van der Waals surface area contributed by atoms with Crippen molar-refractivity contribution in [1.29, 1.82) is 0 Å². The number of rotatable bonds is 4. The number of halogens is 2. The predicted octanol–water partition coefficient (Wildman–Crippen LogP) is 4.38. The molecule has 0 unspecified atom stereocenters. The average Bonchev–Trinajstić information content (AvgIpc) is 2.41. The molecule has 0 saturated carbocycles. The van der Waals surface area contributed by atoms with Gasteiger partial charge in [0.25, 0.3) is 5.91 Å². The molecule has 0 aliphatic heterocycles. The Kier molecular flexibility index (Phi) is 5.21. The third-order valence-corrected chi connectivity index (χ3v) is 3.76. The first kappa shape index (κ1) is 15.1. The van der Waals surface area contributed by atoms with Crippen LogP contribution < -0.4 is 5.32 Å². The van der Waals surface area contributed by atoms with Crippen LogP contribution in [0.5, 0.6) is 0 Å². The van der Waals surface area contributed by atoms with Crippen LogP contribution in [-0.4, -0.2) is 12.5 Å². The Morgan fingerprint density at radius 2 is 2.05 bits per heavy atom. The summed E-state index contributed by atoms with van der Waals surface area (Å²) < 4.78 is 0.906. The van der Waals surface area contributed by atoms with Crippen LogP contribution in [0.4, 0.5) is 0 Å². The second-order valence-electron chi connectivity index (χ2n) is 4.60. The number of nitrogens with one attached hydrogen (secondary N) is 1. The van der Waals surface area contributed by atoms with Crippen molar-refractivity contribution in [2.75, 3.05) is 6.54 Å². The van der Waals surface area contributed by atoms with Gasteiger partial charge in [0, 0.05) is 21.6 Å². The highest BCUT2D eigenvalue weighted by Crippen LogP contribution is 2.16. The van der Waals surface area contributed by atoms with Gasteiger partial charge in [-0.2, -0.15) is 0 Å². The molecule has 2 aromatic carbocycles. The lowest BCUT2D eigenvalue weighted by atomic mass is 10.1. The first-order valence-electron chi connectivity index (χ1n) is 6.35. The standard InChI is InChI=1S/C16H15BrClNO/c1-11-5-6-13(17)10-15(11)16(20)19-8-7-12-3-2-4-14(18)9-12/h2-6,9-10H,7-8H2,1H3,(H,19,20). The molecule has 0 radical (unpaired) electrons. The fourth-order valence-corrected chi connectivity index (χ4v) is 2.52. The van der Waals surface area contributed by atoms with Gasteiger partial charge in [-0.15, -0.1) is 0 Å². The van der Waals surface area contributed by atoms with E-state index in [1.54, 1.807) is 0 Å². The summed E-state index contributed by atoms with van der Waals surface area (Å²) in [5.74, 6) is -0.0502. The molecule has 1 amide bonds. The summed E-state index contributed by atoms with van der Waals surface area (Å²) in [4.78, 5) is 12.1. The lowest BCUT2D eigenvalue weighted by molar-refractivity contribution is 0.0953. The summed E-state index contributed by atoms with van der Waals surface area (Å²) in [5.41, 5.74) is 2.78. The Hall–Kier alpha value is -1.32. The molecule has 4 heteroatoms. The van der Waals surface area contributed by atoms with Crippen molar-refractivity contribution in [3.8, 4) is 0 Å². The fraction of sp³-hybridized carbons (Fsp3) is 0.188. The van der Waals surface area contributed by atoms with Crippen LogP contribution in [0.25, 0.3) is 0 Å². The molecule has 1 N–H and O–H groups in total. The molecule has 0 aliphatic rings. The Bertz CT molecular complexity index is 628. The van der Waals surface area contributed by atoms with E-state index in [1.165, 1.54) is 0 Å². The molecule has 104 valence electrons. The third kappa shape index (κ3) is 4.09. The second kappa shape index (κ2) is 6.91. The topological polar surface area (TPSA) is 29.1 Å². The molecule has 0 aliphatic carbocycles. The smallest absolute Gasteiger partial charge is 0.251 e. The van der Waals surface area contributed by atoms with E-state index in [-0.39, 0.29) is 5.91 Å². The minimum Gasteiger partial charge on any atom is -0.352 e. The third-order valence-electron chi connectivity index (χ3n) is 3.03. The van der Waals surface area contributed by atoms with Gasteiger partial charge in [-0.1, -0.05) is 45.7 Å². The van der Waals surface area contributed by atoms with E-state index in [1.807, 2.05) is 49.4 Å². The van der Waals surface area contributed by atoms with Gasteiger partial charge in [-0.05, 0) is 48.7 Å². The largest absolute Gasteiger partial charge is 0.352 e. The lowest BCUT2D eigenvalue weighted by Gasteiger charge is -2.08. The fourth-order valence-electron chi connectivity index (χ4n) is 1.95. The van der Waals surface area contributed by atoms with Crippen LogP contribution >= 0.6 is 27.5 Å². The van der Waals surface area contributed by atoms with Crippen molar-refractivity contribution < 1.29 is 4.79 Å². The summed E-state index contributed by atoms with van der Waals surface area (Å²) in [6.07, 6.45) is 0.763. The zero-order chi connectivity index (χ0) is 14.5. The monoisotopic (exact) mass is 351 g/mol. The van der Waals surface area contributed by atoms with Crippen LogP contribution in [0.15, 0.2) is 46.9 Å². The minimum atomic E-state index is -0.0502. The summed E-state index contributed by atoms with van der Waals surface area (Å²) in [7, 11) is 0. The molecule has 0 spiro atoms. The number of benzene rings is 2. The van der Waals surface area contributed by atoms with E-state index < -0.39 is 0 Å². The van der Waals surface area contributed by atoms with Gasteiger partial charge in [-0.3, -0.25) is 4.79 Å². The maximum absolute atomic E-state index is 12.1. The van der Waals surface area contributed by atoms with Crippen LogP contribution in [0.1, 0.15) is 21.5 Å². The van der Waals surface area contributed by atoms with Crippen LogP contribution in [0.3, 0.4) is 0 Å². The van der Waals surface area contributed by atoms with Crippen molar-refractivity contribution in [2.45, 2.75) is 13.3 Å². The normalized spacial score (nSPS) is 10.3. The summed E-state index contributed by atoms with van der Waals surface area (Å²) in [5, 5.41) is 3.65. The SMILES string of the molecule is Cc1ccc(Br)cc1C(=O)NCCc1cccc(Cl)c1. The Morgan fingerprint density at radius 3 is 2.80 bits per heavy atom. The molecule has 2 nitrogen and oxygen atoms in total. The molecule has 0 bridgehead atoms. The number of hydrogen-bond acceptors (Lipinski definition) is 1. The van der Waals surface area contributed by atoms with Gasteiger partial charge >= 0.3 is 0 Å². The highest BCUT2D eigenvalue weighted by atomic mass is 79.9. The highest BCUT2D eigenvalue weighted by molar-refractivity contribution is 9.10. The Morgan fingerprint density at radius 1 is 1.25 bits per heavy atom. The molecule has 20 heavy (non-hydrogen) atoms. The van der Waals surface area contributed by atoms with E-state index in [2.05, 4.69) is 21.2 Å². The van der Waals surface area contributed by atoms with Gasteiger partial charge in [0.15, 0.2) is 0 Å². The quantitative estimate of drug-likeness (QED) is 0.869. The maximum Gasteiger partial charge on any atom is 0.251 e. The molecule has 2 rings (SSSR count). The molecule has 0 aromatic heterocycles. The molecule has 0 atom stereocenters. The second-order valence-corrected chi connectivity index (χ2v) is 5.95. The van der Waals surface area contributed by atoms with Gasteiger partial charge in [-0.25, -0.2) is 0 Å². The number of carbonyl (C=O) groups excluding carboxylic acids is 1. The number of amides is 1. The summed E-state index contributed by atoms with van der Waals surface area (Å²) >= 11 is 9.31. The molecule has 0 heterocycles. The van der Waals surface area contributed by atoms with E-state index >= 15 is 0 Å². The highest BCUT2D eigenvalue weighted by Gasteiger charge is 2.08. The van der Waals surface area contributed by atoms with Gasteiger partial charge in [0.2, 0.25) is 0 Å². The Labute approximate surface area is 132 Å². The van der Waals surface area contributed by atoms with Crippen molar-refractivity contribution in [3.05, 3.63) is 68.7 Å². The predicted molar refractivity (Wildman–Crippen MR) is 86.4 cm³/mol. The molecular weight excluding hydrogens is 338 g/mol. The lowest BCUT2D eigenvalue weighted by Crippen LogP contribution is -2.26. The first-order valence-corrected chi connectivity index (χ1v) is 7.52. The van der Waals surface area contributed by atoms with E-state index in [9.17, 15) is 4.79 Å². The van der Waals surface area contributed by atoms with Crippen LogP contribution in [0.2, 0.25) is 5.02 Å². The Balaban J connectivity index is 1.94. The molecular formula is C16H15BrClNO. The molecule has 2 aromatic rings. The van der Waals surface area contributed by atoms with Crippen LogP contribution in [0, 0.1) is 6.92 Å². The van der Waals surface area contributed by atoms with Crippen molar-refractivity contribution in [1.82, 2.24) is 5.32 Å². The average molecular weight is 353 g/mol. The number of hydrogen-bond donors (Lipinski definition) is 1. The van der Waals surface area contributed by atoms with E-state index in [0.717, 1.165) is 27.0 Å². The molecule has 0 fully saturated rings. The van der Waals surface area contributed by atoms with E-state index in [0.29, 0.717) is 12.1 Å². The minimum absolute atomic E-state index is 0.0502. The first-order chi connectivity index (χ1) is 9.56. The summed E-state index contributed by atoms with van der Waals surface area (Å²) in [6.45, 7) is 2.52. The van der Waals surface area contributed by atoms with Crippen molar-refractivity contribution >= 4 is 33.4 Å². The zero-order valence-corrected chi connectivity index (χ0v) is 13.5. The number of aryl methyl sites for hydroxylation is 1. The number of carbonyl (C=O) groups is 1. The van der Waals surface area contributed by atoms with Gasteiger partial charge in [0.05, 0.1) is 0 Å².